The highest BCUT2D eigenvalue weighted by Crippen LogP contribution is 2.30. The monoisotopic (exact) mass is 523 g/mol. The van der Waals surface area contributed by atoms with Crippen LogP contribution in [0, 0.1) is 0 Å². The molecule has 0 fully saturated rings. The van der Waals surface area contributed by atoms with Gasteiger partial charge in [0, 0.05) is 18.1 Å². The maximum absolute atomic E-state index is 13.7. The molecule has 0 aliphatic rings. The third-order valence-electron chi connectivity index (χ3n) is 5.35. The molecule has 0 heterocycles. The summed E-state index contributed by atoms with van der Waals surface area (Å²) in [6.45, 7) is 5.90. The van der Waals surface area contributed by atoms with E-state index >= 15 is 0 Å². The lowest BCUT2D eigenvalue weighted by molar-refractivity contribution is -0.140. The van der Waals surface area contributed by atoms with E-state index in [1.54, 1.807) is 55.5 Å². The largest absolute Gasteiger partial charge is 0.492 e. The highest BCUT2D eigenvalue weighted by Gasteiger charge is 2.32. The predicted octanol–water partition coefficient (Wildman–Crippen LogP) is 3.84. The molecular formula is C25H34ClN3O5S. The van der Waals surface area contributed by atoms with Gasteiger partial charge in [-0.2, -0.15) is 0 Å². The lowest BCUT2D eigenvalue weighted by Crippen LogP contribution is -2.52. The number of ether oxygens (including phenoxy) is 1. The van der Waals surface area contributed by atoms with Crippen LogP contribution in [0.5, 0.6) is 5.75 Å². The third kappa shape index (κ3) is 7.86. The molecule has 10 heteroatoms. The van der Waals surface area contributed by atoms with Crippen LogP contribution in [-0.2, 0) is 26.2 Å². The molecule has 0 saturated heterocycles. The number of nitrogens with zero attached hydrogens (tertiary/aromatic N) is 2. The van der Waals surface area contributed by atoms with E-state index in [1.807, 2.05) is 13.8 Å². The Hall–Kier alpha value is -2.78. The molecule has 1 atom stereocenters. The van der Waals surface area contributed by atoms with Crippen molar-refractivity contribution in [2.24, 2.45) is 0 Å². The van der Waals surface area contributed by atoms with Crippen LogP contribution in [0.25, 0.3) is 0 Å². The number of nitrogens with one attached hydrogen (secondary N) is 1. The third-order valence-corrected chi connectivity index (χ3v) is 6.84. The molecule has 2 aromatic carbocycles. The number of carbonyl (C=O) groups is 2. The minimum Gasteiger partial charge on any atom is -0.492 e. The normalized spacial score (nSPS) is 12.0. The number of para-hydroxylation sites is 2. The van der Waals surface area contributed by atoms with Crippen LogP contribution < -0.4 is 14.4 Å². The Bertz CT molecular complexity index is 1110. The van der Waals surface area contributed by atoms with Crippen molar-refractivity contribution in [1.82, 2.24) is 10.2 Å². The van der Waals surface area contributed by atoms with Crippen LogP contribution in [-0.4, -0.2) is 57.1 Å². The molecule has 2 rings (SSSR count). The fraction of sp³-hybridized carbons (Fsp3) is 0.440. The molecule has 192 valence electrons. The molecule has 0 aliphatic heterocycles. The molecular weight excluding hydrogens is 490 g/mol. The zero-order valence-electron chi connectivity index (χ0n) is 20.7. The van der Waals surface area contributed by atoms with Gasteiger partial charge in [0.05, 0.1) is 18.6 Å². The second kappa shape index (κ2) is 13.3. The van der Waals surface area contributed by atoms with E-state index in [0.717, 1.165) is 17.0 Å². The van der Waals surface area contributed by atoms with Crippen LogP contribution in [0.3, 0.4) is 0 Å². The van der Waals surface area contributed by atoms with E-state index in [0.29, 0.717) is 35.9 Å². The maximum atomic E-state index is 13.7. The number of sulfonamides is 1. The highest BCUT2D eigenvalue weighted by atomic mass is 35.5. The van der Waals surface area contributed by atoms with Gasteiger partial charge in [-0.25, -0.2) is 8.42 Å². The van der Waals surface area contributed by atoms with Gasteiger partial charge in [0.15, 0.2) is 0 Å². The average molecular weight is 524 g/mol. The SMILES string of the molecule is CCCNC(=O)[C@@H](CC)N(Cc1ccccc1Cl)C(=O)CN(c1ccccc1OCC)S(C)(=O)=O. The van der Waals surface area contributed by atoms with Crippen LogP contribution >= 0.6 is 11.6 Å². The van der Waals surface area contributed by atoms with Gasteiger partial charge in [0.2, 0.25) is 21.8 Å². The Morgan fingerprint density at radius 1 is 1.06 bits per heavy atom. The molecule has 8 nitrogen and oxygen atoms in total. The number of benzene rings is 2. The van der Waals surface area contributed by atoms with E-state index in [1.165, 1.54) is 4.90 Å². The maximum Gasteiger partial charge on any atom is 0.244 e. The standard InChI is InChI=1S/C25H34ClN3O5S/c1-5-16-27-25(31)21(6-2)28(17-19-12-8-9-13-20(19)26)24(30)18-29(35(4,32)33)22-14-10-11-15-23(22)34-7-3/h8-15,21H,5-7,16-18H2,1-4H3,(H,27,31)/t21-/m1/s1. The molecule has 2 amide bonds. The summed E-state index contributed by atoms with van der Waals surface area (Å²) in [5, 5.41) is 3.30. The number of halogens is 1. The summed E-state index contributed by atoms with van der Waals surface area (Å²) in [5.74, 6) is -0.478. The quantitative estimate of drug-likeness (QED) is 0.430. The van der Waals surface area contributed by atoms with Crippen molar-refractivity contribution in [2.45, 2.75) is 46.2 Å². The van der Waals surface area contributed by atoms with E-state index < -0.39 is 28.5 Å². The first-order valence-electron chi connectivity index (χ1n) is 11.6. The molecule has 0 saturated carbocycles. The molecule has 0 spiro atoms. The Kier molecular flexibility index (Phi) is 10.9. The van der Waals surface area contributed by atoms with Gasteiger partial charge in [-0.15, -0.1) is 0 Å². The zero-order chi connectivity index (χ0) is 26.0. The lowest BCUT2D eigenvalue weighted by Gasteiger charge is -2.33. The van der Waals surface area contributed by atoms with Crippen molar-refractivity contribution in [3.8, 4) is 5.75 Å². The van der Waals surface area contributed by atoms with Crippen LogP contribution in [0.15, 0.2) is 48.5 Å². The molecule has 0 aromatic heterocycles. The van der Waals surface area contributed by atoms with Crippen molar-refractivity contribution in [2.75, 3.05) is 30.3 Å². The minimum absolute atomic E-state index is 0.0568. The van der Waals surface area contributed by atoms with Gasteiger partial charge in [0.25, 0.3) is 0 Å². The number of carbonyl (C=O) groups excluding carboxylic acids is 2. The Labute approximate surface area is 213 Å². The smallest absolute Gasteiger partial charge is 0.244 e. The number of hydrogen-bond donors (Lipinski definition) is 1. The van der Waals surface area contributed by atoms with Gasteiger partial charge >= 0.3 is 0 Å². The van der Waals surface area contributed by atoms with Crippen LogP contribution in [0.2, 0.25) is 5.02 Å². The number of anilines is 1. The molecule has 35 heavy (non-hydrogen) atoms. The molecule has 2 aromatic rings. The summed E-state index contributed by atoms with van der Waals surface area (Å²) in [6.07, 6.45) is 2.13. The van der Waals surface area contributed by atoms with E-state index in [9.17, 15) is 18.0 Å². The Balaban J connectivity index is 2.48. The topological polar surface area (TPSA) is 96.0 Å². The lowest BCUT2D eigenvalue weighted by atomic mass is 10.1. The predicted molar refractivity (Wildman–Crippen MR) is 139 cm³/mol. The zero-order valence-corrected chi connectivity index (χ0v) is 22.2. The van der Waals surface area contributed by atoms with Crippen LogP contribution in [0.1, 0.15) is 39.2 Å². The Morgan fingerprint density at radius 3 is 2.31 bits per heavy atom. The average Bonchev–Trinajstić information content (AvgIpc) is 2.82. The fourth-order valence-corrected chi connectivity index (χ4v) is 4.68. The fourth-order valence-electron chi connectivity index (χ4n) is 3.63. The molecule has 0 unspecified atom stereocenters. The van der Waals surface area contributed by atoms with Crippen molar-refractivity contribution in [3.05, 3.63) is 59.1 Å². The number of amides is 2. The van der Waals surface area contributed by atoms with Gasteiger partial charge in [-0.1, -0.05) is 55.8 Å². The summed E-state index contributed by atoms with van der Waals surface area (Å²) >= 11 is 6.35. The summed E-state index contributed by atoms with van der Waals surface area (Å²) in [4.78, 5) is 28.0. The van der Waals surface area contributed by atoms with Gasteiger partial charge in [-0.05, 0) is 43.5 Å². The van der Waals surface area contributed by atoms with Crippen molar-refractivity contribution >= 4 is 39.1 Å². The van der Waals surface area contributed by atoms with Gasteiger partial charge in [-0.3, -0.25) is 13.9 Å². The first-order valence-corrected chi connectivity index (χ1v) is 13.9. The van der Waals surface area contributed by atoms with E-state index in [4.69, 9.17) is 16.3 Å². The van der Waals surface area contributed by atoms with Crippen molar-refractivity contribution in [3.63, 3.8) is 0 Å². The first-order chi connectivity index (χ1) is 16.6. The molecule has 1 N–H and O–H groups in total. The summed E-state index contributed by atoms with van der Waals surface area (Å²) < 4.78 is 32.2. The molecule has 0 bridgehead atoms. The van der Waals surface area contributed by atoms with Gasteiger partial charge < -0.3 is 15.0 Å². The summed E-state index contributed by atoms with van der Waals surface area (Å²) in [7, 11) is -3.86. The minimum atomic E-state index is -3.86. The highest BCUT2D eigenvalue weighted by molar-refractivity contribution is 7.92. The van der Waals surface area contributed by atoms with Gasteiger partial charge in [0.1, 0.15) is 18.3 Å². The molecule has 0 aliphatic carbocycles. The summed E-state index contributed by atoms with van der Waals surface area (Å²) in [6, 6.07) is 12.9. The van der Waals surface area contributed by atoms with E-state index in [-0.39, 0.29) is 18.1 Å². The van der Waals surface area contributed by atoms with Crippen molar-refractivity contribution < 1.29 is 22.7 Å². The van der Waals surface area contributed by atoms with E-state index in [2.05, 4.69) is 5.32 Å². The summed E-state index contributed by atoms with van der Waals surface area (Å²) in [5.41, 5.74) is 0.913. The second-order valence-corrected chi connectivity index (χ2v) is 10.3. The van der Waals surface area contributed by atoms with Crippen LogP contribution in [0.4, 0.5) is 5.69 Å². The number of hydrogen-bond acceptors (Lipinski definition) is 5. The molecule has 0 radical (unpaired) electrons. The Morgan fingerprint density at radius 2 is 1.71 bits per heavy atom. The first kappa shape index (κ1) is 28.5. The second-order valence-electron chi connectivity index (χ2n) is 8.00. The number of rotatable bonds is 13. The van der Waals surface area contributed by atoms with Crippen molar-refractivity contribution in [1.29, 1.82) is 0 Å².